The van der Waals surface area contributed by atoms with Gasteiger partial charge in [0.25, 0.3) is 0 Å². The van der Waals surface area contributed by atoms with Crippen LogP contribution >= 0.6 is 0 Å². The first-order chi connectivity index (χ1) is 11.7. The van der Waals surface area contributed by atoms with Crippen LogP contribution in [0, 0.1) is 11.8 Å². The van der Waals surface area contributed by atoms with E-state index >= 15 is 0 Å². The summed E-state index contributed by atoms with van der Waals surface area (Å²) < 4.78 is 0. The summed E-state index contributed by atoms with van der Waals surface area (Å²) in [6.07, 6.45) is 19.5. The van der Waals surface area contributed by atoms with Gasteiger partial charge in [-0.25, -0.2) is 9.97 Å². The van der Waals surface area contributed by atoms with E-state index in [0.29, 0.717) is 0 Å². The smallest absolute Gasteiger partial charge is 0.128 e. The molecule has 0 saturated carbocycles. The fourth-order valence-corrected chi connectivity index (χ4v) is 3.78. The van der Waals surface area contributed by atoms with Gasteiger partial charge in [-0.15, -0.1) is 0 Å². The number of unbranched alkanes of at least 4 members (excludes halogenated alkanes) is 2. The first-order valence-corrected chi connectivity index (χ1v) is 10.5. The molecule has 2 nitrogen and oxygen atoms in total. The van der Waals surface area contributed by atoms with Crippen molar-refractivity contribution in [1.29, 1.82) is 0 Å². The number of hydrogen-bond acceptors (Lipinski definition) is 2. The van der Waals surface area contributed by atoms with Gasteiger partial charge < -0.3 is 0 Å². The maximum Gasteiger partial charge on any atom is 0.128 e. The number of hydrogen-bond donors (Lipinski definition) is 0. The normalized spacial score (nSPS) is 12.7. The Hall–Kier alpha value is -0.920. The standard InChI is InChI=1S/C22H40N2/c1-5-9-13-21(14-10-6-2)20(12-8-4)15-16-22-23-17-19(11-7-3)18-24-22/h17-18,20-21H,5-16H2,1-4H3. The average molecular weight is 333 g/mol. The van der Waals surface area contributed by atoms with E-state index in [4.69, 9.17) is 0 Å². The molecule has 0 aliphatic carbocycles. The highest BCUT2D eigenvalue weighted by atomic mass is 14.9. The van der Waals surface area contributed by atoms with Crippen LogP contribution in [-0.4, -0.2) is 9.97 Å². The molecule has 0 fully saturated rings. The van der Waals surface area contributed by atoms with E-state index < -0.39 is 0 Å². The molecule has 1 heterocycles. The van der Waals surface area contributed by atoms with Crippen molar-refractivity contribution in [2.45, 2.75) is 105 Å². The predicted molar refractivity (Wildman–Crippen MR) is 105 cm³/mol. The number of rotatable bonds is 14. The lowest BCUT2D eigenvalue weighted by Gasteiger charge is -2.27. The van der Waals surface area contributed by atoms with Crippen molar-refractivity contribution in [2.24, 2.45) is 11.8 Å². The summed E-state index contributed by atoms with van der Waals surface area (Å²) in [5, 5.41) is 0. The van der Waals surface area contributed by atoms with Gasteiger partial charge in [-0.05, 0) is 30.2 Å². The maximum absolute atomic E-state index is 4.60. The Morgan fingerprint density at radius 3 is 1.75 bits per heavy atom. The zero-order valence-corrected chi connectivity index (χ0v) is 16.7. The van der Waals surface area contributed by atoms with Crippen molar-refractivity contribution in [3.05, 3.63) is 23.8 Å². The summed E-state index contributed by atoms with van der Waals surface area (Å²) in [4.78, 5) is 9.20. The molecule has 0 N–H and O–H groups in total. The Morgan fingerprint density at radius 1 is 0.667 bits per heavy atom. The van der Waals surface area contributed by atoms with Crippen LogP contribution < -0.4 is 0 Å². The molecule has 1 atom stereocenters. The Labute approximate surface area is 150 Å². The minimum absolute atomic E-state index is 0.854. The Balaban J connectivity index is 2.60. The van der Waals surface area contributed by atoms with Gasteiger partial charge in [-0.1, -0.05) is 85.5 Å². The molecule has 138 valence electrons. The van der Waals surface area contributed by atoms with E-state index in [1.165, 1.54) is 63.4 Å². The topological polar surface area (TPSA) is 25.8 Å². The fourth-order valence-electron chi connectivity index (χ4n) is 3.78. The highest BCUT2D eigenvalue weighted by Crippen LogP contribution is 2.31. The van der Waals surface area contributed by atoms with Crippen molar-refractivity contribution >= 4 is 0 Å². The minimum atomic E-state index is 0.854. The zero-order valence-electron chi connectivity index (χ0n) is 16.7. The summed E-state index contributed by atoms with van der Waals surface area (Å²) in [6.45, 7) is 9.17. The van der Waals surface area contributed by atoms with Gasteiger partial charge in [0.1, 0.15) is 5.82 Å². The third kappa shape index (κ3) is 8.26. The molecule has 1 aromatic heterocycles. The van der Waals surface area contributed by atoms with Crippen LogP contribution in [0.5, 0.6) is 0 Å². The molecule has 0 bridgehead atoms. The number of aryl methyl sites for hydroxylation is 2. The lowest BCUT2D eigenvalue weighted by molar-refractivity contribution is 0.249. The van der Waals surface area contributed by atoms with Crippen molar-refractivity contribution < 1.29 is 0 Å². The lowest BCUT2D eigenvalue weighted by Crippen LogP contribution is -2.17. The van der Waals surface area contributed by atoms with Gasteiger partial charge in [0.05, 0.1) is 0 Å². The molecule has 0 aliphatic rings. The molecule has 0 aromatic carbocycles. The minimum Gasteiger partial charge on any atom is -0.241 e. The van der Waals surface area contributed by atoms with Gasteiger partial charge in [0.2, 0.25) is 0 Å². The zero-order chi connectivity index (χ0) is 17.6. The molecule has 2 heteroatoms. The molecule has 0 aliphatic heterocycles. The number of aromatic nitrogens is 2. The summed E-state index contributed by atoms with van der Waals surface area (Å²) in [7, 11) is 0. The molecule has 1 aromatic rings. The van der Waals surface area contributed by atoms with E-state index in [0.717, 1.165) is 36.9 Å². The van der Waals surface area contributed by atoms with Crippen molar-refractivity contribution in [1.82, 2.24) is 9.97 Å². The van der Waals surface area contributed by atoms with E-state index in [1.54, 1.807) is 0 Å². The molecule has 0 saturated heterocycles. The Morgan fingerprint density at radius 2 is 1.25 bits per heavy atom. The summed E-state index contributed by atoms with van der Waals surface area (Å²) >= 11 is 0. The van der Waals surface area contributed by atoms with Crippen molar-refractivity contribution in [3.63, 3.8) is 0 Å². The highest BCUT2D eigenvalue weighted by Gasteiger charge is 2.20. The lowest BCUT2D eigenvalue weighted by atomic mass is 9.79. The van der Waals surface area contributed by atoms with E-state index in [1.807, 2.05) is 12.4 Å². The van der Waals surface area contributed by atoms with Crippen LogP contribution in [0.4, 0.5) is 0 Å². The SMILES string of the molecule is CCCCC(CCCC)C(CCC)CCc1ncc(CCC)cn1. The van der Waals surface area contributed by atoms with E-state index in [2.05, 4.69) is 37.7 Å². The summed E-state index contributed by atoms with van der Waals surface area (Å²) in [6, 6.07) is 0. The van der Waals surface area contributed by atoms with Crippen molar-refractivity contribution in [2.75, 3.05) is 0 Å². The predicted octanol–water partition coefficient (Wildman–Crippen LogP) is 6.77. The van der Waals surface area contributed by atoms with Crippen molar-refractivity contribution in [3.8, 4) is 0 Å². The molecule has 0 amide bonds. The fraction of sp³-hybridized carbons (Fsp3) is 0.818. The second kappa shape index (κ2) is 13.4. The maximum atomic E-state index is 4.60. The Bertz CT molecular complexity index is 391. The first-order valence-electron chi connectivity index (χ1n) is 10.5. The molecule has 0 spiro atoms. The third-order valence-electron chi connectivity index (χ3n) is 5.22. The quantitative estimate of drug-likeness (QED) is 0.375. The van der Waals surface area contributed by atoms with Crippen LogP contribution in [0.1, 0.15) is 103 Å². The third-order valence-corrected chi connectivity index (χ3v) is 5.22. The second-order valence-corrected chi connectivity index (χ2v) is 7.39. The van der Waals surface area contributed by atoms with E-state index in [-0.39, 0.29) is 0 Å². The summed E-state index contributed by atoms with van der Waals surface area (Å²) in [5.41, 5.74) is 1.27. The molecular weight excluding hydrogens is 292 g/mol. The Kier molecular flexibility index (Phi) is 11.8. The molecule has 1 rings (SSSR count). The largest absolute Gasteiger partial charge is 0.241 e. The van der Waals surface area contributed by atoms with Gasteiger partial charge in [0.15, 0.2) is 0 Å². The van der Waals surface area contributed by atoms with Gasteiger partial charge in [-0.3, -0.25) is 0 Å². The second-order valence-electron chi connectivity index (χ2n) is 7.39. The van der Waals surface area contributed by atoms with Crippen LogP contribution in [0.15, 0.2) is 12.4 Å². The molecule has 24 heavy (non-hydrogen) atoms. The van der Waals surface area contributed by atoms with Gasteiger partial charge in [0, 0.05) is 18.8 Å². The van der Waals surface area contributed by atoms with Crippen LogP contribution in [0.2, 0.25) is 0 Å². The van der Waals surface area contributed by atoms with E-state index in [9.17, 15) is 0 Å². The molecule has 1 unspecified atom stereocenters. The van der Waals surface area contributed by atoms with Crippen LogP contribution in [-0.2, 0) is 12.8 Å². The van der Waals surface area contributed by atoms with Crippen LogP contribution in [0.25, 0.3) is 0 Å². The van der Waals surface area contributed by atoms with Gasteiger partial charge >= 0.3 is 0 Å². The summed E-state index contributed by atoms with van der Waals surface area (Å²) in [5.74, 6) is 2.80. The number of nitrogens with zero attached hydrogens (tertiary/aromatic N) is 2. The molecular formula is C22H40N2. The van der Waals surface area contributed by atoms with Gasteiger partial charge in [-0.2, -0.15) is 0 Å². The first kappa shape index (κ1) is 21.1. The molecule has 0 radical (unpaired) electrons. The highest BCUT2D eigenvalue weighted by molar-refractivity contribution is 5.05. The average Bonchev–Trinajstić information content (AvgIpc) is 2.60. The van der Waals surface area contributed by atoms with Crippen LogP contribution in [0.3, 0.4) is 0 Å². The monoisotopic (exact) mass is 332 g/mol.